The summed E-state index contributed by atoms with van der Waals surface area (Å²) in [7, 11) is 0. The Bertz CT molecular complexity index is 917. The molecule has 0 spiro atoms. The Morgan fingerprint density at radius 1 is 1.09 bits per heavy atom. The Labute approximate surface area is 189 Å². The third-order valence-electron chi connectivity index (χ3n) is 5.33. The molecule has 0 atom stereocenters. The lowest BCUT2D eigenvalue weighted by atomic mass is 9.96. The van der Waals surface area contributed by atoms with Crippen molar-refractivity contribution in [3.05, 3.63) is 59.7 Å². The number of nitrogen functional groups attached to an aromatic ring is 1. The van der Waals surface area contributed by atoms with E-state index < -0.39 is 11.7 Å². The Kier molecular flexibility index (Phi) is 7.62. The SMILES string of the molecule is CC(C)(C)OC(=O)NCC1CCN(C(=O)c2ccc(OCc3ccccc3)c(N)c2)CC1. The molecule has 1 saturated heterocycles. The first-order valence-electron chi connectivity index (χ1n) is 11.0. The summed E-state index contributed by atoms with van der Waals surface area (Å²) in [5, 5.41) is 2.83. The number of alkyl carbamates (subject to hydrolysis) is 1. The van der Waals surface area contributed by atoms with Crippen molar-refractivity contribution in [1.29, 1.82) is 0 Å². The number of hydrogen-bond acceptors (Lipinski definition) is 5. The summed E-state index contributed by atoms with van der Waals surface area (Å²) in [5.74, 6) is 0.854. The molecule has 3 N–H and O–H groups in total. The van der Waals surface area contributed by atoms with Crippen LogP contribution in [0.4, 0.5) is 10.5 Å². The maximum Gasteiger partial charge on any atom is 0.407 e. The van der Waals surface area contributed by atoms with Gasteiger partial charge in [-0.15, -0.1) is 0 Å². The van der Waals surface area contributed by atoms with E-state index in [1.165, 1.54) is 0 Å². The van der Waals surface area contributed by atoms with Gasteiger partial charge < -0.3 is 25.4 Å². The third kappa shape index (κ3) is 6.90. The van der Waals surface area contributed by atoms with Crippen molar-refractivity contribution in [2.45, 2.75) is 45.8 Å². The molecule has 7 nitrogen and oxygen atoms in total. The molecule has 32 heavy (non-hydrogen) atoms. The largest absolute Gasteiger partial charge is 0.487 e. The highest BCUT2D eigenvalue weighted by molar-refractivity contribution is 5.95. The van der Waals surface area contributed by atoms with Crippen molar-refractivity contribution in [3.8, 4) is 5.75 Å². The standard InChI is InChI=1S/C25H33N3O4/c1-25(2,3)32-24(30)27-16-18-11-13-28(14-12-18)23(29)20-9-10-22(21(26)15-20)31-17-19-7-5-4-6-8-19/h4-10,15,18H,11-14,16-17,26H2,1-3H3,(H,27,30). The number of nitrogens with zero attached hydrogens (tertiary/aromatic N) is 1. The second-order valence-electron chi connectivity index (χ2n) is 9.15. The van der Waals surface area contributed by atoms with Gasteiger partial charge in [-0.2, -0.15) is 0 Å². The van der Waals surface area contributed by atoms with Crippen LogP contribution in [0.2, 0.25) is 0 Å². The van der Waals surface area contributed by atoms with Crippen LogP contribution in [0, 0.1) is 5.92 Å². The van der Waals surface area contributed by atoms with Crippen LogP contribution < -0.4 is 15.8 Å². The van der Waals surface area contributed by atoms with Gasteiger partial charge >= 0.3 is 6.09 Å². The topological polar surface area (TPSA) is 93.9 Å². The van der Waals surface area contributed by atoms with Gasteiger partial charge in [-0.3, -0.25) is 4.79 Å². The van der Waals surface area contributed by atoms with Crippen LogP contribution in [0.15, 0.2) is 48.5 Å². The smallest absolute Gasteiger partial charge is 0.407 e. The molecule has 0 saturated carbocycles. The van der Waals surface area contributed by atoms with E-state index in [0.717, 1.165) is 18.4 Å². The number of carbonyl (C=O) groups excluding carboxylic acids is 2. The zero-order valence-electron chi connectivity index (χ0n) is 19.1. The number of rotatable bonds is 6. The number of piperidine rings is 1. The molecule has 0 aromatic heterocycles. The molecule has 172 valence electrons. The quantitative estimate of drug-likeness (QED) is 0.657. The van der Waals surface area contributed by atoms with Crippen LogP contribution in [0.25, 0.3) is 0 Å². The highest BCUT2D eigenvalue weighted by Gasteiger charge is 2.25. The minimum Gasteiger partial charge on any atom is -0.487 e. The Hall–Kier alpha value is -3.22. The second kappa shape index (κ2) is 10.4. The van der Waals surface area contributed by atoms with E-state index in [0.29, 0.717) is 49.2 Å². The van der Waals surface area contributed by atoms with Gasteiger partial charge in [0.25, 0.3) is 5.91 Å². The first-order valence-corrected chi connectivity index (χ1v) is 11.0. The van der Waals surface area contributed by atoms with E-state index in [1.54, 1.807) is 18.2 Å². The number of likely N-dealkylation sites (tertiary alicyclic amines) is 1. The van der Waals surface area contributed by atoms with Gasteiger partial charge in [0, 0.05) is 25.2 Å². The van der Waals surface area contributed by atoms with Gasteiger partial charge in [-0.05, 0) is 63.3 Å². The first kappa shape index (κ1) is 23.4. The first-order chi connectivity index (χ1) is 15.2. The predicted octanol–water partition coefficient (Wildman–Crippen LogP) is 4.22. The Balaban J connectivity index is 1.47. The molecule has 0 bridgehead atoms. The van der Waals surface area contributed by atoms with E-state index in [-0.39, 0.29) is 5.91 Å². The zero-order valence-corrected chi connectivity index (χ0v) is 19.1. The van der Waals surface area contributed by atoms with Crippen molar-refractivity contribution in [2.75, 3.05) is 25.4 Å². The maximum absolute atomic E-state index is 12.9. The summed E-state index contributed by atoms with van der Waals surface area (Å²) in [6, 6.07) is 15.0. The summed E-state index contributed by atoms with van der Waals surface area (Å²) >= 11 is 0. The maximum atomic E-state index is 12.9. The molecule has 7 heteroatoms. The lowest BCUT2D eigenvalue weighted by Crippen LogP contribution is -2.42. The van der Waals surface area contributed by atoms with Gasteiger partial charge in [0.2, 0.25) is 0 Å². The van der Waals surface area contributed by atoms with E-state index in [4.69, 9.17) is 15.2 Å². The molecule has 0 radical (unpaired) electrons. The molecule has 2 amide bonds. The molecule has 3 rings (SSSR count). The highest BCUT2D eigenvalue weighted by atomic mass is 16.6. The molecule has 0 unspecified atom stereocenters. The van der Waals surface area contributed by atoms with Crippen LogP contribution in [-0.2, 0) is 11.3 Å². The van der Waals surface area contributed by atoms with Gasteiger partial charge in [-0.1, -0.05) is 30.3 Å². The molecular weight excluding hydrogens is 406 g/mol. The number of hydrogen-bond donors (Lipinski definition) is 2. The van der Waals surface area contributed by atoms with Crippen molar-refractivity contribution in [3.63, 3.8) is 0 Å². The number of anilines is 1. The molecule has 0 aliphatic carbocycles. The monoisotopic (exact) mass is 439 g/mol. The summed E-state index contributed by atoms with van der Waals surface area (Å²) in [5.41, 5.74) is 7.68. The fourth-order valence-electron chi connectivity index (χ4n) is 3.61. The third-order valence-corrected chi connectivity index (χ3v) is 5.33. The summed E-state index contributed by atoms with van der Waals surface area (Å²) in [4.78, 5) is 26.6. The average molecular weight is 440 g/mol. The van der Waals surface area contributed by atoms with Crippen LogP contribution in [0.3, 0.4) is 0 Å². The summed E-state index contributed by atoms with van der Waals surface area (Å²) < 4.78 is 11.1. The highest BCUT2D eigenvalue weighted by Crippen LogP contribution is 2.26. The second-order valence-corrected chi connectivity index (χ2v) is 9.15. The molecule has 2 aromatic carbocycles. The molecule has 1 heterocycles. The van der Waals surface area contributed by atoms with E-state index in [2.05, 4.69) is 5.32 Å². The van der Waals surface area contributed by atoms with Crippen LogP contribution in [-0.4, -0.2) is 42.1 Å². The lowest BCUT2D eigenvalue weighted by Gasteiger charge is -2.32. The Morgan fingerprint density at radius 2 is 1.78 bits per heavy atom. The van der Waals surface area contributed by atoms with E-state index >= 15 is 0 Å². The molecule has 1 aliphatic heterocycles. The van der Waals surface area contributed by atoms with Crippen molar-refractivity contribution in [2.24, 2.45) is 5.92 Å². The normalized spacial score (nSPS) is 14.7. The van der Waals surface area contributed by atoms with Gasteiger partial charge in [0.1, 0.15) is 18.0 Å². The van der Waals surface area contributed by atoms with Crippen molar-refractivity contribution >= 4 is 17.7 Å². The van der Waals surface area contributed by atoms with Gasteiger partial charge in [0.05, 0.1) is 5.69 Å². The minimum atomic E-state index is -0.510. The number of ether oxygens (including phenoxy) is 2. The minimum absolute atomic E-state index is 0.0372. The van der Waals surface area contributed by atoms with Gasteiger partial charge in [-0.25, -0.2) is 4.79 Å². The number of amides is 2. The number of nitrogens with one attached hydrogen (secondary N) is 1. The van der Waals surface area contributed by atoms with Gasteiger partial charge in [0.15, 0.2) is 0 Å². The van der Waals surface area contributed by atoms with Crippen LogP contribution >= 0.6 is 0 Å². The number of carbonyl (C=O) groups is 2. The molecule has 1 aliphatic rings. The zero-order chi connectivity index (χ0) is 23.1. The van der Waals surface area contributed by atoms with E-state index in [9.17, 15) is 9.59 Å². The van der Waals surface area contributed by atoms with Crippen LogP contribution in [0.5, 0.6) is 5.75 Å². The Morgan fingerprint density at radius 3 is 2.41 bits per heavy atom. The molecular formula is C25H33N3O4. The van der Waals surface area contributed by atoms with E-state index in [1.807, 2.05) is 56.0 Å². The van der Waals surface area contributed by atoms with Crippen molar-refractivity contribution in [1.82, 2.24) is 10.2 Å². The predicted molar refractivity (Wildman–Crippen MR) is 124 cm³/mol. The van der Waals surface area contributed by atoms with Crippen molar-refractivity contribution < 1.29 is 19.1 Å². The fraction of sp³-hybridized carbons (Fsp3) is 0.440. The molecule has 2 aromatic rings. The number of nitrogens with two attached hydrogens (primary N) is 1. The summed E-state index contributed by atoms with van der Waals surface area (Å²) in [6.45, 7) is 7.78. The molecule has 1 fully saturated rings. The average Bonchev–Trinajstić information content (AvgIpc) is 2.76. The fourth-order valence-corrected chi connectivity index (χ4v) is 3.61. The lowest BCUT2D eigenvalue weighted by molar-refractivity contribution is 0.0500. The van der Waals surface area contributed by atoms with Crippen LogP contribution in [0.1, 0.15) is 49.5 Å². The summed E-state index contributed by atoms with van der Waals surface area (Å²) in [6.07, 6.45) is 1.26. The number of benzene rings is 2.